The molecule has 0 aromatic carbocycles. The highest BCUT2D eigenvalue weighted by molar-refractivity contribution is 5.79. The van der Waals surface area contributed by atoms with Gasteiger partial charge in [-0.1, -0.05) is 0 Å². The molecule has 4 nitrogen and oxygen atoms in total. The molecule has 0 saturated carbocycles. The van der Waals surface area contributed by atoms with Crippen molar-refractivity contribution < 1.29 is 0 Å². The average molecular weight is 175 g/mol. The van der Waals surface area contributed by atoms with Crippen LogP contribution in [-0.4, -0.2) is 9.55 Å². The lowest BCUT2D eigenvalue weighted by Crippen LogP contribution is -2.15. The molecule has 66 valence electrons. The van der Waals surface area contributed by atoms with Crippen LogP contribution in [0, 0.1) is 0 Å². The van der Waals surface area contributed by atoms with Crippen LogP contribution in [0.25, 0.3) is 10.9 Å². The summed E-state index contributed by atoms with van der Waals surface area (Å²) in [6, 6.07) is 4.95. The van der Waals surface area contributed by atoms with Gasteiger partial charge in [0.25, 0.3) is 5.56 Å². The quantitative estimate of drug-likeness (QED) is 0.634. The number of hydrogen-bond donors (Lipinski definition) is 1. The average Bonchev–Trinajstić information content (AvgIpc) is 2.12. The minimum atomic E-state index is -0.0434. The molecule has 13 heavy (non-hydrogen) atoms. The van der Waals surface area contributed by atoms with Crippen LogP contribution in [0.2, 0.25) is 0 Å². The van der Waals surface area contributed by atoms with Gasteiger partial charge in [0.15, 0.2) is 0 Å². The summed E-state index contributed by atoms with van der Waals surface area (Å²) in [5, 5.41) is 0.913. The molecule has 2 N–H and O–H groups in total. The van der Waals surface area contributed by atoms with E-state index in [1.807, 2.05) is 0 Å². The van der Waals surface area contributed by atoms with Crippen LogP contribution in [0.1, 0.15) is 0 Å². The number of hydrogen-bond acceptors (Lipinski definition) is 3. The van der Waals surface area contributed by atoms with Gasteiger partial charge in [-0.3, -0.25) is 4.79 Å². The Kier molecular flexibility index (Phi) is 1.55. The van der Waals surface area contributed by atoms with E-state index in [4.69, 9.17) is 5.73 Å². The Morgan fingerprint density at radius 1 is 1.46 bits per heavy atom. The molecule has 4 heteroatoms. The van der Waals surface area contributed by atoms with E-state index in [1.54, 1.807) is 29.9 Å². The Morgan fingerprint density at radius 2 is 2.23 bits per heavy atom. The summed E-state index contributed by atoms with van der Waals surface area (Å²) in [4.78, 5) is 15.2. The standard InChI is InChI=1S/C9H9N3O/c1-12-7-4-8(10)11-5-6(7)2-3-9(12)13/h2-5H,1H3,(H2,10,11). The van der Waals surface area contributed by atoms with E-state index in [0.717, 1.165) is 10.9 Å². The molecular formula is C9H9N3O. The van der Waals surface area contributed by atoms with Crippen LogP contribution >= 0.6 is 0 Å². The van der Waals surface area contributed by atoms with Gasteiger partial charge < -0.3 is 10.3 Å². The smallest absolute Gasteiger partial charge is 0.250 e. The van der Waals surface area contributed by atoms with Crippen molar-refractivity contribution in [2.75, 3.05) is 5.73 Å². The lowest BCUT2D eigenvalue weighted by atomic mass is 10.2. The molecule has 0 aliphatic heterocycles. The van der Waals surface area contributed by atoms with E-state index in [-0.39, 0.29) is 5.56 Å². The van der Waals surface area contributed by atoms with Crippen molar-refractivity contribution in [3.05, 3.63) is 34.7 Å². The van der Waals surface area contributed by atoms with Gasteiger partial charge in [-0.05, 0) is 6.07 Å². The van der Waals surface area contributed by atoms with Crippen LogP contribution in [0.3, 0.4) is 0 Å². The number of nitrogens with two attached hydrogens (primary N) is 1. The maximum Gasteiger partial charge on any atom is 0.250 e. The van der Waals surface area contributed by atoms with Gasteiger partial charge in [-0.2, -0.15) is 0 Å². The first-order valence-corrected chi connectivity index (χ1v) is 3.90. The third-order valence-corrected chi connectivity index (χ3v) is 2.03. The van der Waals surface area contributed by atoms with Crippen LogP contribution in [0.5, 0.6) is 0 Å². The molecule has 0 unspecified atom stereocenters. The first kappa shape index (κ1) is 7.79. The highest BCUT2D eigenvalue weighted by Gasteiger charge is 1.99. The number of nitrogens with zero attached hydrogens (tertiary/aromatic N) is 2. The van der Waals surface area contributed by atoms with Gasteiger partial charge in [0.05, 0.1) is 5.52 Å². The zero-order valence-corrected chi connectivity index (χ0v) is 7.19. The van der Waals surface area contributed by atoms with Crippen LogP contribution in [-0.2, 0) is 7.05 Å². The van der Waals surface area contributed by atoms with Crippen molar-refractivity contribution in [3.63, 3.8) is 0 Å². The highest BCUT2D eigenvalue weighted by Crippen LogP contribution is 2.11. The van der Waals surface area contributed by atoms with E-state index >= 15 is 0 Å². The number of aryl methyl sites for hydroxylation is 1. The molecule has 2 aromatic rings. The van der Waals surface area contributed by atoms with E-state index in [2.05, 4.69) is 4.98 Å². The summed E-state index contributed by atoms with van der Waals surface area (Å²) < 4.78 is 1.55. The molecule has 0 atom stereocenters. The van der Waals surface area contributed by atoms with Crippen molar-refractivity contribution in [2.45, 2.75) is 0 Å². The van der Waals surface area contributed by atoms with Gasteiger partial charge in [-0.25, -0.2) is 4.98 Å². The molecule has 0 saturated heterocycles. The Balaban J connectivity index is 2.97. The Bertz CT molecular complexity index is 516. The lowest BCUT2D eigenvalue weighted by molar-refractivity contribution is 0.905. The number of fused-ring (bicyclic) bond motifs is 1. The van der Waals surface area contributed by atoms with Crippen LogP contribution in [0.4, 0.5) is 5.82 Å². The van der Waals surface area contributed by atoms with E-state index in [9.17, 15) is 4.79 Å². The summed E-state index contributed by atoms with van der Waals surface area (Å²) in [7, 11) is 1.71. The molecule has 0 aliphatic carbocycles. The van der Waals surface area contributed by atoms with Gasteiger partial charge in [0.2, 0.25) is 0 Å². The molecule has 0 fully saturated rings. The molecular weight excluding hydrogens is 166 g/mol. The van der Waals surface area contributed by atoms with E-state index in [0.29, 0.717) is 5.82 Å². The number of anilines is 1. The van der Waals surface area contributed by atoms with Crippen molar-refractivity contribution in [1.29, 1.82) is 0 Å². The molecule has 0 radical (unpaired) electrons. The summed E-state index contributed by atoms with van der Waals surface area (Å²) in [6.07, 6.45) is 1.66. The van der Waals surface area contributed by atoms with Crippen molar-refractivity contribution in [2.24, 2.45) is 7.05 Å². The molecule has 0 amide bonds. The summed E-state index contributed by atoms with van der Waals surface area (Å²) in [5.74, 6) is 0.425. The molecule has 2 aromatic heterocycles. The fourth-order valence-corrected chi connectivity index (χ4v) is 1.28. The first-order chi connectivity index (χ1) is 6.18. The topological polar surface area (TPSA) is 60.9 Å². The Hall–Kier alpha value is -1.84. The first-order valence-electron chi connectivity index (χ1n) is 3.90. The SMILES string of the molecule is Cn1c(=O)ccc2cnc(N)cc21. The van der Waals surface area contributed by atoms with Gasteiger partial charge in [-0.15, -0.1) is 0 Å². The summed E-state index contributed by atoms with van der Waals surface area (Å²) >= 11 is 0. The third kappa shape index (κ3) is 1.16. The van der Waals surface area contributed by atoms with Gasteiger partial charge in [0, 0.05) is 30.8 Å². The van der Waals surface area contributed by atoms with Crippen LogP contribution in [0.15, 0.2) is 29.2 Å². The van der Waals surface area contributed by atoms with Crippen molar-refractivity contribution in [3.8, 4) is 0 Å². The predicted octanol–water partition coefficient (Wildman–Crippen LogP) is 0.516. The zero-order valence-electron chi connectivity index (χ0n) is 7.19. The number of rotatable bonds is 0. The molecule has 2 rings (SSSR count). The van der Waals surface area contributed by atoms with Crippen LogP contribution < -0.4 is 11.3 Å². The molecule has 0 spiro atoms. The number of aromatic nitrogens is 2. The van der Waals surface area contributed by atoms with Crippen molar-refractivity contribution >= 4 is 16.7 Å². The fourth-order valence-electron chi connectivity index (χ4n) is 1.28. The minimum absolute atomic E-state index is 0.0434. The molecule has 0 bridgehead atoms. The second kappa shape index (κ2) is 2.58. The maximum atomic E-state index is 11.2. The van der Waals surface area contributed by atoms with E-state index < -0.39 is 0 Å². The summed E-state index contributed by atoms with van der Waals surface area (Å²) in [6.45, 7) is 0. The fraction of sp³-hybridized carbons (Fsp3) is 0.111. The second-order valence-electron chi connectivity index (χ2n) is 2.90. The second-order valence-corrected chi connectivity index (χ2v) is 2.90. The van der Waals surface area contributed by atoms with Gasteiger partial charge >= 0.3 is 0 Å². The molecule has 2 heterocycles. The number of nitrogen functional groups attached to an aromatic ring is 1. The molecule has 0 aliphatic rings. The Labute approximate surface area is 74.6 Å². The highest BCUT2D eigenvalue weighted by atomic mass is 16.1. The monoisotopic (exact) mass is 175 g/mol. The largest absolute Gasteiger partial charge is 0.384 e. The van der Waals surface area contributed by atoms with E-state index in [1.165, 1.54) is 6.07 Å². The third-order valence-electron chi connectivity index (χ3n) is 2.03. The Morgan fingerprint density at radius 3 is 3.00 bits per heavy atom. The minimum Gasteiger partial charge on any atom is -0.384 e. The van der Waals surface area contributed by atoms with Gasteiger partial charge in [0.1, 0.15) is 5.82 Å². The predicted molar refractivity (Wildman–Crippen MR) is 51.4 cm³/mol. The number of pyridine rings is 2. The lowest BCUT2D eigenvalue weighted by Gasteiger charge is -2.03. The zero-order chi connectivity index (χ0) is 9.42. The van der Waals surface area contributed by atoms with Crippen molar-refractivity contribution in [1.82, 2.24) is 9.55 Å². The summed E-state index contributed by atoms with van der Waals surface area (Å²) in [5.41, 5.74) is 6.28. The maximum absolute atomic E-state index is 11.2. The normalized spacial score (nSPS) is 10.5.